The molecule has 0 spiro atoms. The molecular weight excluding hydrogens is 366 g/mol. The van der Waals surface area contributed by atoms with Crippen LogP contribution >= 0.6 is 0 Å². The fourth-order valence-corrected chi connectivity index (χ4v) is 3.30. The summed E-state index contributed by atoms with van der Waals surface area (Å²) in [6, 6.07) is 11.5. The third-order valence-electron chi connectivity index (χ3n) is 4.63. The minimum absolute atomic E-state index is 0.218. The highest BCUT2D eigenvalue weighted by molar-refractivity contribution is 6.07. The summed E-state index contributed by atoms with van der Waals surface area (Å²) in [6.07, 6.45) is 3.01. The van der Waals surface area contributed by atoms with Gasteiger partial charge in [-0.25, -0.2) is 8.78 Å². The number of halogens is 2. The molecule has 1 aromatic heterocycles. The van der Waals surface area contributed by atoms with E-state index in [0.29, 0.717) is 17.9 Å². The fraction of sp³-hybridized carbons (Fsp3) is 0.143. The third-order valence-corrected chi connectivity index (χ3v) is 4.63. The first-order valence-electron chi connectivity index (χ1n) is 8.78. The summed E-state index contributed by atoms with van der Waals surface area (Å²) in [7, 11) is 0. The zero-order chi connectivity index (χ0) is 19.7. The van der Waals surface area contributed by atoms with Crippen LogP contribution in [0.5, 0.6) is 0 Å². The standard InChI is InChI=1S/C21H16F2N2O3/c22-15-5-1-6-16(23)19(15)20(26)24-14-9-8-13-4-2-10-25(17(13)12-14)21(27)18-7-3-11-28-18/h1,3,5-9,11-12H,2,4,10H2,(H,24,26). The zero-order valence-corrected chi connectivity index (χ0v) is 14.7. The minimum atomic E-state index is -0.940. The van der Waals surface area contributed by atoms with Crippen LogP contribution in [0.2, 0.25) is 0 Å². The number of carbonyl (C=O) groups is 2. The highest BCUT2D eigenvalue weighted by Crippen LogP contribution is 2.31. The first kappa shape index (κ1) is 17.9. The molecule has 2 amide bonds. The Morgan fingerprint density at radius 1 is 1.04 bits per heavy atom. The maximum atomic E-state index is 13.8. The minimum Gasteiger partial charge on any atom is -0.459 e. The molecule has 142 valence electrons. The highest BCUT2D eigenvalue weighted by atomic mass is 19.1. The molecule has 1 N–H and O–H groups in total. The van der Waals surface area contributed by atoms with Crippen molar-refractivity contribution in [3.63, 3.8) is 0 Å². The van der Waals surface area contributed by atoms with E-state index in [0.717, 1.165) is 30.5 Å². The van der Waals surface area contributed by atoms with Gasteiger partial charge in [0.25, 0.3) is 11.8 Å². The van der Waals surface area contributed by atoms with Gasteiger partial charge in [0.2, 0.25) is 0 Å². The van der Waals surface area contributed by atoms with Gasteiger partial charge in [0.05, 0.1) is 6.26 Å². The van der Waals surface area contributed by atoms with Gasteiger partial charge in [-0.15, -0.1) is 0 Å². The molecule has 0 fully saturated rings. The second kappa shape index (κ2) is 7.26. The topological polar surface area (TPSA) is 62.6 Å². The quantitative estimate of drug-likeness (QED) is 0.730. The molecule has 0 radical (unpaired) electrons. The Kier molecular flexibility index (Phi) is 4.65. The van der Waals surface area contributed by atoms with E-state index >= 15 is 0 Å². The van der Waals surface area contributed by atoms with Crippen molar-refractivity contribution in [1.29, 1.82) is 0 Å². The van der Waals surface area contributed by atoms with Crippen LogP contribution in [0.4, 0.5) is 20.2 Å². The Labute approximate surface area is 159 Å². The van der Waals surface area contributed by atoms with Crippen molar-refractivity contribution in [2.75, 3.05) is 16.8 Å². The number of nitrogens with one attached hydrogen (secondary N) is 1. The molecule has 28 heavy (non-hydrogen) atoms. The number of hydrogen-bond acceptors (Lipinski definition) is 3. The van der Waals surface area contributed by atoms with Gasteiger partial charge < -0.3 is 14.6 Å². The van der Waals surface area contributed by atoms with Gasteiger partial charge in [-0.3, -0.25) is 9.59 Å². The highest BCUT2D eigenvalue weighted by Gasteiger charge is 2.26. The van der Waals surface area contributed by atoms with Crippen LogP contribution in [0.3, 0.4) is 0 Å². The lowest BCUT2D eigenvalue weighted by atomic mass is 10.0. The molecule has 0 bridgehead atoms. The van der Waals surface area contributed by atoms with Crippen LogP contribution in [0.25, 0.3) is 0 Å². The SMILES string of the molecule is O=C(Nc1ccc2c(c1)N(C(=O)c1ccco1)CCC2)c1c(F)cccc1F. The number of nitrogens with zero attached hydrogens (tertiary/aromatic N) is 1. The fourth-order valence-electron chi connectivity index (χ4n) is 3.30. The number of furan rings is 1. The molecule has 2 heterocycles. The number of fused-ring (bicyclic) bond motifs is 1. The van der Waals surface area contributed by atoms with Gasteiger partial charge in [0.1, 0.15) is 17.2 Å². The summed E-state index contributed by atoms with van der Waals surface area (Å²) in [5.41, 5.74) is 1.27. The average molecular weight is 382 g/mol. The van der Waals surface area contributed by atoms with Gasteiger partial charge >= 0.3 is 0 Å². The molecule has 7 heteroatoms. The van der Waals surface area contributed by atoms with E-state index in [9.17, 15) is 18.4 Å². The summed E-state index contributed by atoms with van der Waals surface area (Å²) in [4.78, 5) is 26.6. The largest absolute Gasteiger partial charge is 0.459 e. The number of rotatable bonds is 3. The van der Waals surface area contributed by atoms with Crippen molar-refractivity contribution in [1.82, 2.24) is 0 Å². The Morgan fingerprint density at radius 2 is 1.82 bits per heavy atom. The summed E-state index contributed by atoms with van der Waals surface area (Å²) in [6.45, 7) is 0.506. The van der Waals surface area contributed by atoms with Crippen molar-refractivity contribution in [2.24, 2.45) is 0 Å². The Balaban J connectivity index is 1.63. The van der Waals surface area contributed by atoms with E-state index in [1.165, 1.54) is 12.3 Å². The van der Waals surface area contributed by atoms with Gasteiger partial charge in [-0.1, -0.05) is 12.1 Å². The zero-order valence-electron chi connectivity index (χ0n) is 14.7. The first-order valence-corrected chi connectivity index (χ1v) is 8.78. The second-order valence-electron chi connectivity index (χ2n) is 6.43. The molecule has 0 saturated carbocycles. The molecular formula is C21H16F2N2O3. The predicted octanol–water partition coefficient (Wildman–Crippen LogP) is 4.40. The molecule has 1 aliphatic heterocycles. The van der Waals surface area contributed by atoms with Crippen LogP contribution in [0.1, 0.15) is 32.9 Å². The normalized spacial score (nSPS) is 13.1. The molecule has 1 aliphatic rings. The summed E-state index contributed by atoms with van der Waals surface area (Å²) < 4.78 is 32.9. The van der Waals surface area contributed by atoms with Crippen molar-refractivity contribution < 1.29 is 22.8 Å². The molecule has 2 aromatic carbocycles. The number of benzene rings is 2. The Bertz CT molecular complexity index is 1030. The molecule has 0 unspecified atom stereocenters. The van der Waals surface area contributed by atoms with E-state index in [-0.39, 0.29) is 11.7 Å². The number of carbonyl (C=O) groups excluding carboxylic acids is 2. The van der Waals surface area contributed by atoms with E-state index in [4.69, 9.17) is 4.42 Å². The van der Waals surface area contributed by atoms with Crippen LogP contribution in [-0.2, 0) is 6.42 Å². The summed E-state index contributed by atoms with van der Waals surface area (Å²) >= 11 is 0. The van der Waals surface area contributed by atoms with Crippen LogP contribution in [0, 0.1) is 11.6 Å². The summed E-state index contributed by atoms with van der Waals surface area (Å²) in [5.74, 6) is -2.84. The van der Waals surface area contributed by atoms with Crippen molar-refractivity contribution in [2.45, 2.75) is 12.8 Å². The lowest BCUT2D eigenvalue weighted by Crippen LogP contribution is -2.35. The number of hydrogen-bond donors (Lipinski definition) is 1. The van der Waals surface area contributed by atoms with Crippen LogP contribution < -0.4 is 10.2 Å². The predicted molar refractivity (Wildman–Crippen MR) is 99.5 cm³/mol. The summed E-state index contributed by atoms with van der Waals surface area (Å²) in [5, 5.41) is 2.50. The molecule has 3 aromatic rings. The lowest BCUT2D eigenvalue weighted by Gasteiger charge is -2.29. The Hall–Kier alpha value is -3.48. The molecule has 0 saturated heterocycles. The van der Waals surface area contributed by atoms with E-state index in [1.54, 1.807) is 35.2 Å². The third kappa shape index (κ3) is 3.26. The maximum absolute atomic E-state index is 13.8. The second-order valence-corrected chi connectivity index (χ2v) is 6.43. The van der Waals surface area contributed by atoms with Crippen molar-refractivity contribution in [3.8, 4) is 0 Å². The molecule has 4 rings (SSSR count). The first-order chi connectivity index (χ1) is 13.5. The van der Waals surface area contributed by atoms with Crippen LogP contribution in [-0.4, -0.2) is 18.4 Å². The van der Waals surface area contributed by atoms with Gasteiger partial charge in [0.15, 0.2) is 5.76 Å². The van der Waals surface area contributed by atoms with Crippen LogP contribution in [0.15, 0.2) is 59.2 Å². The maximum Gasteiger partial charge on any atom is 0.293 e. The van der Waals surface area contributed by atoms with Gasteiger partial charge in [-0.2, -0.15) is 0 Å². The van der Waals surface area contributed by atoms with E-state index in [1.807, 2.05) is 0 Å². The number of anilines is 2. The molecule has 0 atom stereocenters. The number of aryl methyl sites for hydroxylation is 1. The smallest absolute Gasteiger partial charge is 0.293 e. The van der Waals surface area contributed by atoms with E-state index in [2.05, 4.69) is 5.32 Å². The molecule has 5 nitrogen and oxygen atoms in total. The van der Waals surface area contributed by atoms with Crippen molar-refractivity contribution in [3.05, 3.63) is 83.3 Å². The van der Waals surface area contributed by atoms with Crippen molar-refractivity contribution >= 4 is 23.2 Å². The molecule has 0 aliphatic carbocycles. The van der Waals surface area contributed by atoms with Gasteiger partial charge in [0, 0.05) is 17.9 Å². The monoisotopic (exact) mass is 382 g/mol. The number of amides is 2. The van der Waals surface area contributed by atoms with Gasteiger partial charge in [-0.05, 0) is 54.8 Å². The average Bonchev–Trinajstić information content (AvgIpc) is 3.21. The van der Waals surface area contributed by atoms with E-state index < -0.39 is 23.1 Å². The Morgan fingerprint density at radius 3 is 2.54 bits per heavy atom. The lowest BCUT2D eigenvalue weighted by molar-refractivity contribution is 0.0957.